The summed E-state index contributed by atoms with van der Waals surface area (Å²) in [5.41, 5.74) is 0. The van der Waals surface area contributed by atoms with E-state index in [0.29, 0.717) is 18.1 Å². The van der Waals surface area contributed by atoms with Crippen LogP contribution in [0.5, 0.6) is 0 Å². The molecule has 0 bridgehead atoms. The molecule has 1 aromatic heterocycles. The molecule has 4 heteroatoms. The maximum Gasteiger partial charge on any atom is 0.203 e. The summed E-state index contributed by atoms with van der Waals surface area (Å²) in [6.07, 6.45) is 0. The molecule has 0 saturated heterocycles. The van der Waals surface area contributed by atoms with Crippen LogP contribution in [0.25, 0.3) is 0 Å². The van der Waals surface area contributed by atoms with Crippen molar-refractivity contribution in [3.8, 4) is 6.07 Å². The molecule has 0 aliphatic heterocycles. The second-order valence-electron chi connectivity index (χ2n) is 2.84. The van der Waals surface area contributed by atoms with Crippen LogP contribution >= 0.6 is 0 Å². The number of aliphatic hydroxyl groups excluding tert-OH is 1. The molecule has 1 aromatic rings. The van der Waals surface area contributed by atoms with E-state index in [1.165, 1.54) is 0 Å². The van der Waals surface area contributed by atoms with Gasteiger partial charge in [-0.2, -0.15) is 5.26 Å². The topological polar surface area (TPSA) is 69.2 Å². The average molecular weight is 180 g/mol. The van der Waals surface area contributed by atoms with Crippen LogP contribution in [-0.2, 0) is 6.54 Å². The van der Waals surface area contributed by atoms with Crippen LogP contribution in [0.3, 0.4) is 0 Å². The second kappa shape index (κ2) is 4.65. The van der Waals surface area contributed by atoms with Gasteiger partial charge in [-0.3, -0.25) is 0 Å². The molecule has 70 valence electrons. The van der Waals surface area contributed by atoms with Crippen molar-refractivity contribution < 1.29 is 9.52 Å². The zero-order chi connectivity index (χ0) is 9.68. The molecule has 0 aromatic carbocycles. The highest BCUT2D eigenvalue weighted by molar-refractivity contribution is 5.18. The smallest absolute Gasteiger partial charge is 0.203 e. The van der Waals surface area contributed by atoms with Gasteiger partial charge in [0.15, 0.2) is 0 Å². The molecule has 0 saturated carbocycles. The van der Waals surface area contributed by atoms with Crippen LogP contribution in [0, 0.1) is 11.3 Å². The summed E-state index contributed by atoms with van der Waals surface area (Å²) >= 11 is 0. The molecule has 0 aliphatic carbocycles. The standard InChI is InChI=1S/C9H12N2O2/c1-7(6-12)11-5-9-3-2-8(4-10)13-9/h2-3,7,11-12H,5-6H2,1H3/t7-/m0/s1. The fourth-order valence-corrected chi connectivity index (χ4v) is 0.872. The largest absolute Gasteiger partial charge is 0.449 e. The first kappa shape index (κ1) is 9.78. The van der Waals surface area contributed by atoms with Crippen molar-refractivity contribution in [2.75, 3.05) is 6.61 Å². The third-order valence-electron chi connectivity index (χ3n) is 1.67. The van der Waals surface area contributed by atoms with Crippen molar-refractivity contribution in [1.29, 1.82) is 5.26 Å². The lowest BCUT2D eigenvalue weighted by Gasteiger charge is -2.07. The Kier molecular flexibility index (Phi) is 3.50. The lowest BCUT2D eigenvalue weighted by Crippen LogP contribution is -2.28. The molecule has 13 heavy (non-hydrogen) atoms. The molecule has 1 rings (SSSR count). The van der Waals surface area contributed by atoms with E-state index in [-0.39, 0.29) is 12.6 Å². The Labute approximate surface area is 76.8 Å². The van der Waals surface area contributed by atoms with Crippen molar-refractivity contribution >= 4 is 0 Å². The fraction of sp³-hybridized carbons (Fsp3) is 0.444. The van der Waals surface area contributed by atoms with Gasteiger partial charge in [0.05, 0.1) is 13.2 Å². The predicted molar refractivity (Wildman–Crippen MR) is 46.8 cm³/mol. The highest BCUT2D eigenvalue weighted by Crippen LogP contribution is 2.05. The van der Waals surface area contributed by atoms with Gasteiger partial charge >= 0.3 is 0 Å². The Balaban J connectivity index is 2.42. The molecule has 0 unspecified atom stereocenters. The number of nitriles is 1. The van der Waals surface area contributed by atoms with Crippen molar-refractivity contribution in [1.82, 2.24) is 5.32 Å². The summed E-state index contributed by atoms with van der Waals surface area (Å²) in [5, 5.41) is 20.2. The quantitative estimate of drug-likeness (QED) is 0.712. The molecule has 1 atom stereocenters. The minimum atomic E-state index is 0.0376. The van der Waals surface area contributed by atoms with Crippen LogP contribution in [0.1, 0.15) is 18.4 Å². The highest BCUT2D eigenvalue weighted by Gasteiger charge is 2.02. The van der Waals surface area contributed by atoms with Crippen LogP contribution in [0.4, 0.5) is 0 Å². The normalized spacial score (nSPS) is 12.4. The summed E-state index contributed by atoms with van der Waals surface area (Å²) in [6.45, 7) is 2.49. The lowest BCUT2D eigenvalue weighted by molar-refractivity contribution is 0.248. The molecule has 0 spiro atoms. The Bertz CT molecular complexity index is 301. The summed E-state index contributed by atoms with van der Waals surface area (Å²) in [4.78, 5) is 0. The Morgan fingerprint density at radius 2 is 2.46 bits per heavy atom. The van der Waals surface area contributed by atoms with Gasteiger partial charge in [0.2, 0.25) is 5.76 Å². The number of rotatable bonds is 4. The number of nitrogens with one attached hydrogen (secondary N) is 1. The van der Waals surface area contributed by atoms with Crippen molar-refractivity contribution in [3.05, 3.63) is 23.7 Å². The lowest BCUT2D eigenvalue weighted by atomic mass is 10.3. The summed E-state index contributed by atoms with van der Waals surface area (Å²) < 4.78 is 5.12. The van der Waals surface area contributed by atoms with Crippen LogP contribution in [-0.4, -0.2) is 17.8 Å². The highest BCUT2D eigenvalue weighted by atomic mass is 16.3. The Morgan fingerprint density at radius 1 is 1.69 bits per heavy atom. The molecular weight excluding hydrogens is 168 g/mol. The van der Waals surface area contributed by atoms with Crippen LogP contribution in [0.2, 0.25) is 0 Å². The van der Waals surface area contributed by atoms with Gasteiger partial charge in [0.25, 0.3) is 0 Å². The third-order valence-corrected chi connectivity index (χ3v) is 1.67. The maximum atomic E-state index is 8.72. The zero-order valence-electron chi connectivity index (χ0n) is 7.45. The van der Waals surface area contributed by atoms with E-state index in [0.717, 1.165) is 0 Å². The first-order valence-electron chi connectivity index (χ1n) is 4.09. The van der Waals surface area contributed by atoms with Crippen molar-refractivity contribution in [2.45, 2.75) is 19.5 Å². The molecular formula is C9H12N2O2. The molecule has 2 N–H and O–H groups in total. The van der Waals surface area contributed by atoms with Gasteiger partial charge in [0.1, 0.15) is 11.8 Å². The summed E-state index contributed by atoms with van der Waals surface area (Å²) in [6, 6.07) is 5.31. The monoisotopic (exact) mass is 180 g/mol. The van der Waals surface area contributed by atoms with Gasteiger partial charge in [-0.15, -0.1) is 0 Å². The summed E-state index contributed by atoms with van der Waals surface area (Å²) in [5.74, 6) is 1.02. The van der Waals surface area contributed by atoms with Gasteiger partial charge in [-0.1, -0.05) is 0 Å². The Hall–Kier alpha value is -1.31. The van der Waals surface area contributed by atoms with E-state index in [2.05, 4.69) is 5.32 Å². The third kappa shape index (κ3) is 2.90. The SMILES string of the molecule is C[C@@H](CO)NCc1ccc(C#N)o1. The van der Waals surface area contributed by atoms with Crippen LogP contribution < -0.4 is 5.32 Å². The molecule has 0 aliphatic rings. The number of furan rings is 1. The summed E-state index contributed by atoms with van der Waals surface area (Å²) in [7, 11) is 0. The predicted octanol–water partition coefficient (Wildman–Crippen LogP) is 0.622. The van der Waals surface area contributed by atoms with Crippen molar-refractivity contribution in [2.24, 2.45) is 0 Å². The number of hydrogen-bond donors (Lipinski definition) is 2. The van der Waals surface area contributed by atoms with Crippen LogP contribution in [0.15, 0.2) is 16.5 Å². The van der Waals surface area contributed by atoms with Gasteiger partial charge in [-0.25, -0.2) is 0 Å². The number of aliphatic hydroxyl groups is 1. The van der Waals surface area contributed by atoms with E-state index in [1.807, 2.05) is 13.0 Å². The number of nitrogens with zero attached hydrogens (tertiary/aromatic N) is 1. The average Bonchev–Trinajstić information content (AvgIpc) is 2.61. The zero-order valence-corrected chi connectivity index (χ0v) is 7.45. The maximum absolute atomic E-state index is 8.72. The minimum Gasteiger partial charge on any atom is -0.449 e. The molecule has 1 heterocycles. The molecule has 0 radical (unpaired) electrons. The van der Waals surface area contributed by atoms with Gasteiger partial charge in [-0.05, 0) is 19.1 Å². The first-order chi connectivity index (χ1) is 6.26. The van der Waals surface area contributed by atoms with Crippen molar-refractivity contribution in [3.63, 3.8) is 0 Å². The van der Waals surface area contributed by atoms with E-state index >= 15 is 0 Å². The van der Waals surface area contributed by atoms with E-state index in [1.54, 1.807) is 12.1 Å². The molecule has 4 nitrogen and oxygen atoms in total. The van der Waals surface area contributed by atoms with Gasteiger partial charge in [0, 0.05) is 6.04 Å². The second-order valence-corrected chi connectivity index (χ2v) is 2.84. The van der Waals surface area contributed by atoms with E-state index in [9.17, 15) is 0 Å². The molecule has 0 amide bonds. The van der Waals surface area contributed by atoms with E-state index < -0.39 is 0 Å². The van der Waals surface area contributed by atoms with E-state index in [4.69, 9.17) is 14.8 Å². The minimum absolute atomic E-state index is 0.0376. The fourth-order valence-electron chi connectivity index (χ4n) is 0.872. The Morgan fingerprint density at radius 3 is 3.00 bits per heavy atom. The van der Waals surface area contributed by atoms with Gasteiger partial charge < -0.3 is 14.8 Å². The number of hydrogen-bond acceptors (Lipinski definition) is 4. The first-order valence-corrected chi connectivity index (χ1v) is 4.09. The molecule has 0 fully saturated rings.